The van der Waals surface area contributed by atoms with E-state index in [0.717, 1.165) is 32.1 Å². The summed E-state index contributed by atoms with van der Waals surface area (Å²) in [5.41, 5.74) is 1.19. The van der Waals surface area contributed by atoms with E-state index >= 15 is 0 Å². The van der Waals surface area contributed by atoms with Crippen LogP contribution in [0, 0.1) is 16.7 Å². The van der Waals surface area contributed by atoms with Crippen molar-refractivity contribution in [3.63, 3.8) is 0 Å². The third-order valence-corrected chi connectivity index (χ3v) is 7.97. The van der Waals surface area contributed by atoms with Gasteiger partial charge in [-0.15, -0.1) is 0 Å². The lowest BCUT2D eigenvalue weighted by Crippen LogP contribution is -2.63. The Morgan fingerprint density at radius 2 is 1.96 bits per heavy atom. The lowest BCUT2D eigenvalue weighted by Gasteiger charge is -2.64. The number of methoxy groups -OCH3 is 1. The van der Waals surface area contributed by atoms with Crippen LogP contribution in [-0.4, -0.2) is 24.3 Å². The average Bonchev–Trinajstić information content (AvgIpc) is 2.60. The summed E-state index contributed by atoms with van der Waals surface area (Å²) in [5, 5.41) is 0. The smallest absolute Gasteiger partial charge is 0.227 e. The average molecular weight is 356 g/mol. The summed E-state index contributed by atoms with van der Waals surface area (Å²) in [6, 6.07) is 0. The highest BCUT2D eigenvalue weighted by Gasteiger charge is 2.64. The van der Waals surface area contributed by atoms with E-state index in [1.165, 1.54) is 18.8 Å². The molecule has 0 bridgehead atoms. The molecule has 0 spiro atoms. The molecule has 0 aromatic carbocycles. The minimum atomic E-state index is -0.476. The van der Waals surface area contributed by atoms with Crippen LogP contribution in [-0.2, 0) is 19.1 Å². The molecule has 0 amide bonds. The fourth-order valence-electron chi connectivity index (χ4n) is 5.94. The molecule has 4 atom stereocenters. The zero-order valence-electron chi connectivity index (χ0n) is 16.2. The monoisotopic (exact) mass is 356 g/mol. The Kier molecular flexibility index (Phi) is 3.61. The van der Waals surface area contributed by atoms with E-state index in [0.29, 0.717) is 17.9 Å². The Bertz CT molecular complexity index is 788. The molecule has 4 nitrogen and oxygen atoms in total. The molecule has 4 heteroatoms. The molecule has 4 rings (SSSR count). The van der Waals surface area contributed by atoms with E-state index in [-0.39, 0.29) is 33.9 Å². The van der Waals surface area contributed by atoms with Gasteiger partial charge in [0.05, 0.1) is 12.7 Å². The van der Waals surface area contributed by atoms with Crippen LogP contribution in [0.2, 0.25) is 0 Å². The minimum absolute atomic E-state index is 0.0415. The molecule has 0 radical (unpaired) electrons. The van der Waals surface area contributed by atoms with Crippen LogP contribution in [0.25, 0.3) is 0 Å². The molecule has 4 aliphatic rings. The normalized spacial score (nSPS) is 42.4. The van der Waals surface area contributed by atoms with Crippen LogP contribution in [0.5, 0.6) is 0 Å². The maximum absolute atomic E-state index is 12.8. The lowest BCUT2D eigenvalue weighted by atomic mass is 9.45. The van der Waals surface area contributed by atoms with Crippen LogP contribution in [0.15, 0.2) is 35.3 Å². The standard InChI is InChI=1S/C22H28O4/c1-13-7-6-8-17-21(13,3)10-9-20(2)12-14-18(24)16(25-5)11-15(23)19(14)26-22(17,20)4/h11,17H,1,6-10,12H2,2-5H3. The van der Waals surface area contributed by atoms with Gasteiger partial charge in [-0.3, -0.25) is 9.59 Å². The third-order valence-electron chi connectivity index (χ3n) is 7.97. The van der Waals surface area contributed by atoms with Crippen molar-refractivity contribution < 1.29 is 19.1 Å². The highest BCUT2D eigenvalue weighted by Crippen LogP contribution is 2.66. The summed E-state index contributed by atoms with van der Waals surface area (Å²) >= 11 is 0. The number of ether oxygens (including phenoxy) is 2. The van der Waals surface area contributed by atoms with E-state index < -0.39 is 5.60 Å². The van der Waals surface area contributed by atoms with Gasteiger partial charge in [0.1, 0.15) is 5.60 Å². The van der Waals surface area contributed by atoms with Gasteiger partial charge in [-0.1, -0.05) is 26.0 Å². The number of fused-ring (bicyclic) bond motifs is 3. The van der Waals surface area contributed by atoms with E-state index in [2.05, 4.69) is 27.4 Å². The Hall–Kier alpha value is -1.84. The molecule has 0 aromatic rings. The SMILES string of the molecule is C=C1CCCC2C1(C)CCC1(C)CC3=C(OC21C)C(=O)C=C(OC)C3=O. The van der Waals surface area contributed by atoms with E-state index in [4.69, 9.17) is 9.47 Å². The van der Waals surface area contributed by atoms with Crippen molar-refractivity contribution in [2.45, 2.75) is 64.9 Å². The van der Waals surface area contributed by atoms with Gasteiger partial charge < -0.3 is 9.47 Å². The first-order chi connectivity index (χ1) is 12.2. The summed E-state index contributed by atoms with van der Waals surface area (Å²) in [7, 11) is 1.43. The van der Waals surface area contributed by atoms with Crippen molar-refractivity contribution in [1.29, 1.82) is 0 Å². The molecule has 1 aliphatic heterocycles. The van der Waals surface area contributed by atoms with Crippen molar-refractivity contribution in [3.8, 4) is 0 Å². The fraction of sp³-hybridized carbons (Fsp3) is 0.636. The molecule has 2 fully saturated rings. The quantitative estimate of drug-likeness (QED) is 0.520. The maximum Gasteiger partial charge on any atom is 0.227 e. The molecule has 0 N–H and O–H groups in total. The number of carbonyl (C=O) groups is 2. The van der Waals surface area contributed by atoms with Gasteiger partial charge in [0, 0.05) is 17.4 Å². The maximum atomic E-state index is 12.8. The van der Waals surface area contributed by atoms with Gasteiger partial charge in [-0.25, -0.2) is 0 Å². The third kappa shape index (κ3) is 2.02. The number of hydrogen-bond acceptors (Lipinski definition) is 4. The van der Waals surface area contributed by atoms with Crippen LogP contribution in [0.3, 0.4) is 0 Å². The zero-order valence-corrected chi connectivity index (χ0v) is 16.2. The molecule has 2 saturated carbocycles. The molecule has 26 heavy (non-hydrogen) atoms. The van der Waals surface area contributed by atoms with Crippen LogP contribution < -0.4 is 0 Å². The minimum Gasteiger partial charge on any atom is -0.493 e. The Morgan fingerprint density at radius 3 is 2.65 bits per heavy atom. The second-order valence-electron chi connectivity index (χ2n) is 9.13. The number of ketones is 2. The first kappa shape index (κ1) is 17.6. The second kappa shape index (κ2) is 5.34. The molecule has 0 saturated heterocycles. The predicted molar refractivity (Wildman–Crippen MR) is 98.2 cm³/mol. The Labute approximate surface area is 155 Å². The molecular formula is C22H28O4. The van der Waals surface area contributed by atoms with Gasteiger partial charge in [0.15, 0.2) is 11.5 Å². The van der Waals surface area contributed by atoms with Crippen molar-refractivity contribution in [2.24, 2.45) is 16.7 Å². The van der Waals surface area contributed by atoms with Gasteiger partial charge in [0.2, 0.25) is 11.6 Å². The molecular weight excluding hydrogens is 328 g/mol. The first-order valence-electron chi connectivity index (χ1n) is 9.61. The van der Waals surface area contributed by atoms with Crippen LogP contribution in [0.1, 0.15) is 59.3 Å². The summed E-state index contributed by atoms with van der Waals surface area (Å²) in [5.74, 6) is 0.223. The summed E-state index contributed by atoms with van der Waals surface area (Å²) < 4.78 is 11.6. The van der Waals surface area contributed by atoms with Gasteiger partial charge >= 0.3 is 0 Å². The van der Waals surface area contributed by atoms with Crippen LogP contribution in [0.4, 0.5) is 0 Å². The predicted octanol–water partition coefficient (Wildman–Crippen LogP) is 4.26. The summed E-state index contributed by atoms with van der Waals surface area (Å²) in [4.78, 5) is 25.4. The Morgan fingerprint density at radius 1 is 1.23 bits per heavy atom. The molecule has 0 aromatic heterocycles. The molecule has 140 valence electrons. The van der Waals surface area contributed by atoms with Crippen molar-refractivity contribution >= 4 is 11.6 Å². The highest BCUT2D eigenvalue weighted by atomic mass is 16.5. The molecule has 1 heterocycles. The molecule has 3 aliphatic carbocycles. The molecule has 4 unspecified atom stereocenters. The van der Waals surface area contributed by atoms with Gasteiger partial charge in [-0.05, 0) is 50.9 Å². The zero-order chi connectivity index (χ0) is 18.9. The second-order valence-corrected chi connectivity index (χ2v) is 9.13. The van der Waals surface area contributed by atoms with E-state index in [1.807, 2.05) is 0 Å². The highest BCUT2D eigenvalue weighted by molar-refractivity contribution is 6.21. The van der Waals surface area contributed by atoms with Gasteiger partial charge in [-0.2, -0.15) is 0 Å². The van der Waals surface area contributed by atoms with Crippen LogP contribution >= 0.6 is 0 Å². The lowest BCUT2D eigenvalue weighted by molar-refractivity contribution is -0.202. The number of allylic oxidation sites excluding steroid dienone is 3. The van der Waals surface area contributed by atoms with Crippen molar-refractivity contribution in [3.05, 3.63) is 35.3 Å². The van der Waals surface area contributed by atoms with Gasteiger partial charge in [0.25, 0.3) is 0 Å². The fourth-order valence-corrected chi connectivity index (χ4v) is 5.94. The topological polar surface area (TPSA) is 52.6 Å². The number of Topliss-reactive ketones (excluding diaryl/α,β-unsaturated/α-hetero) is 1. The largest absolute Gasteiger partial charge is 0.493 e. The summed E-state index contributed by atoms with van der Waals surface area (Å²) in [6.45, 7) is 11.1. The van der Waals surface area contributed by atoms with Crippen molar-refractivity contribution in [2.75, 3.05) is 7.11 Å². The number of carbonyl (C=O) groups excluding carboxylic acids is 2. The number of hydrogen-bond donors (Lipinski definition) is 0. The first-order valence-corrected chi connectivity index (χ1v) is 9.61. The summed E-state index contributed by atoms with van der Waals surface area (Å²) in [6.07, 6.45) is 7.12. The van der Waals surface area contributed by atoms with E-state index in [9.17, 15) is 9.59 Å². The number of rotatable bonds is 1. The van der Waals surface area contributed by atoms with E-state index in [1.54, 1.807) is 0 Å². The Balaban J connectivity index is 1.81. The van der Waals surface area contributed by atoms with Crippen molar-refractivity contribution in [1.82, 2.24) is 0 Å².